The summed E-state index contributed by atoms with van der Waals surface area (Å²) in [4.78, 5) is 13.0. The van der Waals surface area contributed by atoms with E-state index in [1.165, 1.54) is 6.08 Å². The monoisotopic (exact) mass is 382 g/mol. The van der Waals surface area contributed by atoms with E-state index in [0.717, 1.165) is 11.1 Å². The summed E-state index contributed by atoms with van der Waals surface area (Å²) >= 11 is 0. The van der Waals surface area contributed by atoms with Crippen molar-refractivity contribution in [3.8, 4) is 11.5 Å². The molecule has 0 bridgehead atoms. The highest BCUT2D eigenvalue weighted by Crippen LogP contribution is 2.48. The maximum atomic E-state index is 13.0. The number of fused-ring (bicyclic) bond motifs is 1. The topological polar surface area (TPSA) is 55.8 Å². The molecule has 0 saturated heterocycles. The molecule has 29 heavy (non-hydrogen) atoms. The molecule has 0 radical (unpaired) electrons. The van der Waals surface area contributed by atoms with Gasteiger partial charge in [-0.25, -0.2) is 0 Å². The van der Waals surface area contributed by atoms with Crippen LogP contribution in [-0.4, -0.2) is 17.7 Å². The van der Waals surface area contributed by atoms with Gasteiger partial charge in [-0.1, -0.05) is 66.7 Å². The fourth-order valence-electron chi connectivity index (χ4n) is 3.88. The minimum atomic E-state index is -1.55. The number of hydrogen-bond acceptors (Lipinski definition) is 4. The molecule has 0 amide bonds. The predicted octanol–water partition coefficient (Wildman–Crippen LogP) is 4.35. The Balaban J connectivity index is 1.68. The quantitative estimate of drug-likeness (QED) is 0.684. The lowest BCUT2D eigenvalue weighted by Crippen LogP contribution is -2.28. The molecule has 0 fully saturated rings. The lowest BCUT2D eigenvalue weighted by atomic mass is 9.80. The van der Waals surface area contributed by atoms with Gasteiger partial charge in [-0.3, -0.25) is 4.79 Å². The highest BCUT2D eigenvalue weighted by molar-refractivity contribution is 6.20. The second-order valence-electron chi connectivity index (χ2n) is 7.04. The Bertz CT molecular complexity index is 1150. The first kappa shape index (κ1) is 17.5. The molecule has 1 atom stereocenters. The molecule has 1 aliphatic heterocycles. The van der Waals surface area contributed by atoms with Crippen LogP contribution >= 0.6 is 0 Å². The minimum Gasteiger partial charge on any atom is -0.454 e. The molecule has 3 aromatic rings. The number of carbonyl (C=O) groups excluding carboxylic acids is 1. The molecule has 3 aromatic carbocycles. The Morgan fingerprint density at radius 3 is 2.31 bits per heavy atom. The molecule has 1 N–H and O–H groups in total. The van der Waals surface area contributed by atoms with Crippen LogP contribution in [0.25, 0.3) is 11.6 Å². The molecule has 142 valence electrons. The fraction of sp³-hybridized carbons (Fsp3) is 0.0800. The van der Waals surface area contributed by atoms with Crippen molar-refractivity contribution >= 4 is 17.4 Å². The molecule has 0 saturated carbocycles. The number of allylic oxidation sites excluding steroid dienone is 1. The highest BCUT2D eigenvalue weighted by atomic mass is 16.7. The first-order valence-electron chi connectivity index (χ1n) is 9.38. The van der Waals surface area contributed by atoms with Crippen molar-refractivity contribution in [1.82, 2.24) is 0 Å². The van der Waals surface area contributed by atoms with E-state index in [1.807, 2.05) is 72.8 Å². The van der Waals surface area contributed by atoms with Gasteiger partial charge in [-0.15, -0.1) is 0 Å². The summed E-state index contributed by atoms with van der Waals surface area (Å²) in [6, 6.07) is 24.2. The third-order valence-electron chi connectivity index (χ3n) is 5.30. The van der Waals surface area contributed by atoms with Gasteiger partial charge in [0.15, 0.2) is 17.3 Å². The Labute approximate surface area is 168 Å². The lowest BCUT2D eigenvalue weighted by Gasteiger charge is -2.29. The Hall–Kier alpha value is -3.63. The van der Waals surface area contributed by atoms with Gasteiger partial charge in [0.1, 0.15) is 5.60 Å². The molecule has 1 aliphatic carbocycles. The predicted molar refractivity (Wildman–Crippen MR) is 110 cm³/mol. The van der Waals surface area contributed by atoms with E-state index in [-0.39, 0.29) is 12.6 Å². The first-order valence-corrected chi connectivity index (χ1v) is 9.38. The normalized spacial score (nSPS) is 21.5. The van der Waals surface area contributed by atoms with Crippen LogP contribution in [0.1, 0.15) is 16.7 Å². The molecule has 2 aliphatic rings. The van der Waals surface area contributed by atoms with Gasteiger partial charge in [0.2, 0.25) is 6.79 Å². The SMILES string of the molecule is O=C1C=C(c2ccccc2)C(O)(c2ccccc2)/C1=C/c1ccc2c(c1)OCO2. The Morgan fingerprint density at radius 2 is 1.55 bits per heavy atom. The minimum absolute atomic E-state index is 0.182. The smallest absolute Gasteiger partial charge is 0.231 e. The third kappa shape index (κ3) is 2.85. The second-order valence-corrected chi connectivity index (χ2v) is 7.04. The number of rotatable bonds is 3. The van der Waals surface area contributed by atoms with Gasteiger partial charge in [0.05, 0.1) is 0 Å². The van der Waals surface area contributed by atoms with Gasteiger partial charge in [0, 0.05) is 11.1 Å². The van der Waals surface area contributed by atoms with Gasteiger partial charge in [0.25, 0.3) is 0 Å². The van der Waals surface area contributed by atoms with Crippen LogP contribution in [0.3, 0.4) is 0 Å². The summed E-state index contributed by atoms with van der Waals surface area (Å²) in [7, 11) is 0. The van der Waals surface area contributed by atoms with Crippen LogP contribution < -0.4 is 9.47 Å². The molecule has 4 nitrogen and oxygen atoms in total. The number of aliphatic hydroxyl groups is 1. The van der Waals surface area contributed by atoms with Crippen molar-refractivity contribution in [2.24, 2.45) is 0 Å². The zero-order chi connectivity index (χ0) is 19.8. The average Bonchev–Trinajstić information content (AvgIpc) is 3.33. The van der Waals surface area contributed by atoms with E-state index in [1.54, 1.807) is 12.1 Å². The van der Waals surface area contributed by atoms with Gasteiger partial charge in [-0.2, -0.15) is 0 Å². The van der Waals surface area contributed by atoms with Crippen LogP contribution in [-0.2, 0) is 10.4 Å². The number of ketones is 1. The summed E-state index contributed by atoms with van der Waals surface area (Å²) in [5.41, 5.74) is 1.54. The molecule has 4 heteroatoms. The van der Waals surface area contributed by atoms with E-state index >= 15 is 0 Å². The van der Waals surface area contributed by atoms with E-state index in [0.29, 0.717) is 28.2 Å². The maximum Gasteiger partial charge on any atom is 0.231 e. The van der Waals surface area contributed by atoms with Crippen LogP contribution in [0.5, 0.6) is 11.5 Å². The van der Waals surface area contributed by atoms with Gasteiger partial charge >= 0.3 is 0 Å². The van der Waals surface area contributed by atoms with Crippen molar-refractivity contribution < 1.29 is 19.4 Å². The summed E-state index contributed by atoms with van der Waals surface area (Å²) in [5.74, 6) is 1.09. The van der Waals surface area contributed by atoms with Crippen LogP contribution in [0, 0.1) is 0 Å². The van der Waals surface area contributed by atoms with Gasteiger partial charge in [-0.05, 0) is 41.0 Å². The van der Waals surface area contributed by atoms with E-state index < -0.39 is 5.60 Å². The van der Waals surface area contributed by atoms with Crippen molar-refractivity contribution in [3.63, 3.8) is 0 Å². The molecule has 0 aromatic heterocycles. The molecule has 1 heterocycles. The third-order valence-corrected chi connectivity index (χ3v) is 5.30. The van der Waals surface area contributed by atoms with E-state index in [4.69, 9.17) is 9.47 Å². The number of hydrogen-bond donors (Lipinski definition) is 1. The van der Waals surface area contributed by atoms with E-state index in [9.17, 15) is 9.90 Å². The second kappa shape index (κ2) is 6.76. The maximum absolute atomic E-state index is 13.0. The van der Waals surface area contributed by atoms with Crippen molar-refractivity contribution in [3.05, 3.63) is 107 Å². The summed E-state index contributed by atoms with van der Waals surface area (Å²) in [6.07, 6.45) is 3.25. The summed E-state index contributed by atoms with van der Waals surface area (Å²) < 4.78 is 10.8. The number of benzene rings is 3. The zero-order valence-corrected chi connectivity index (χ0v) is 15.5. The first-order chi connectivity index (χ1) is 14.2. The van der Waals surface area contributed by atoms with Crippen molar-refractivity contribution in [1.29, 1.82) is 0 Å². The van der Waals surface area contributed by atoms with E-state index in [2.05, 4.69) is 0 Å². The molecular weight excluding hydrogens is 364 g/mol. The Morgan fingerprint density at radius 1 is 0.862 bits per heavy atom. The van der Waals surface area contributed by atoms with Crippen molar-refractivity contribution in [2.45, 2.75) is 5.60 Å². The standard InChI is InChI=1S/C25H18O4/c26-22-15-20(18-7-3-1-4-8-18)25(27,19-9-5-2-6-10-19)21(22)13-17-11-12-23-24(14-17)29-16-28-23/h1-15,27H,16H2/b21-13+. The van der Waals surface area contributed by atoms with Gasteiger partial charge < -0.3 is 14.6 Å². The van der Waals surface area contributed by atoms with Crippen LogP contribution in [0.2, 0.25) is 0 Å². The summed E-state index contributed by atoms with van der Waals surface area (Å²) in [5, 5.41) is 11.9. The molecule has 1 unspecified atom stereocenters. The molecule has 5 rings (SSSR count). The largest absolute Gasteiger partial charge is 0.454 e. The molecular formula is C25H18O4. The Kier molecular flexibility index (Phi) is 4.07. The van der Waals surface area contributed by atoms with Crippen LogP contribution in [0.4, 0.5) is 0 Å². The fourth-order valence-corrected chi connectivity index (χ4v) is 3.88. The van der Waals surface area contributed by atoms with Crippen LogP contribution in [0.15, 0.2) is 90.5 Å². The average molecular weight is 382 g/mol. The molecule has 0 spiro atoms. The number of ether oxygens (including phenoxy) is 2. The van der Waals surface area contributed by atoms with Crippen molar-refractivity contribution in [2.75, 3.05) is 6.79 Å². The lowest BCUT2D eigenvalue weighted by molar-refractivity contribution is -0.112. The summed E-state index contributed by atoms with van der Waals surface area (Å²) in [6.45, 7) is 0.182. The number of carbonyl (C=O) groups is 1. The highest BCUT2D eigenvalue weighted by Gasteiger charge is 2.46. The zero-order valence-electron chi connectivity index (χ0n) is 15.5.